The summed E-state index contributed by atoms with van der Waals surface area (Å²) < 4.78 is 41.4. The van der Waals surface area contributed by atoms with E-state index >= 15 is 0 Å². The monoisotopic (exact) mass is 398 g/mol. The third-order valence-corrected chi connectivity index (χ3v) is 4.18. The van der Waals surface area contributed by atoms with Gasteiger partial charge in [-0.3, -0.25) is 9.78 Å². The van der Waals surface area contributed by atoms with Crippen molar-refractivity contribution in [2.75, 3.05) is 5.32 Å². The second kappa shape index (κ2) is 6.97. The van der Waals surface area contributed by atoms with Crippen LogP contribution in [0.25, 0.3) is 16.9 Å². The third kappa shape index (κ3) is 3.51. The van der Waals surface area contributed by atoms with E-state index in [4.69, 9.17) is 0 Å². The minimum atomic E-state index is -4.54. The molecule has 0 spiro atoms. The van der Waals surface area contributed by atoms with Crippen LogP contribution >= 0.6 is 0 Å². The number of aromatic nitrogens is 5. The Balaban J connectivity index is 1.81. The van der Waals surface area contributed by atoms with Crippen molar-refractivity contribution in [2.45, 2.75) is 13.1 Å². The fourth-order valence-electron chi connectivity index (χ4n) is 2.94. The molecule has 1 N–H and O–H groups in total. The molecule has 0 radical (unpaired) electrons. The lowest BCUT2D eigenvalue weighted by Crippen LogP contribution is -2.17. The van der Waals surface area contributed by atoms with Gasteiger partial charge >= 0.3 is 6.18 Å². The molecule has 146 valence electrons. The summed E-state index contributed by atoms with van der Waals surface area (Å²) in [5.74, 6) is -0.324. The van der Waals surface area contributed by atoms with Crippen molar-refractivity contribution in [3.63, 3.8) is 0 Å². The zero-order valence-electron chi connectivity index (χ0n) is 15.0. The van der Waals surface area contributed by atoms with Gasteiger partial charge in [-0.25, -0.2) is 14.5 Å². The van der Waals surface area contributed by atoms with Crippen molar-refractivity contribution in [2.24, 2.45) is 0 Å². The molecule has 0 aliphatic rings. The maximum atomic E-state index is 13.4. The van der Waals surface area contributed by atoms with Crippen LogP contribution in [0.2, 0.25) is 0 Å². The van der Waals surface area contributed by atoms with E-state index in [0.29, 0.717) is 11.3 Å². The highest BCUT2D eigenvalue weighted by Gasteiger charge is 2.33. The number of imidazole rings is 1. The van der Waals surface area contributed by atoms with Crippen LogP contribution in [-0.4, -0.2) is 30.5 Å². The van der Waals surface area contributed by atoms with Crippen LogP contribution in [0.1, 0.15) is 21.7 Å². The number of fused-ring (bicyclic) bond motifs is 1. The lowest BCUT2D eigenvalue weighted by atomic mass is 10.0. The van der Waals surface area contributed by atoms with Crippen molar-refractivity contribution in [3.05, 3.63) is 71.9 Å². The van der Waals surface area contributed by atoms with Gasteiger partial charge in [-0.2, -0.15) is 18.3 Å². The van der Waals surface area contributed by atoms with Crippen LogP contribution in [-0.2, 0) is 6.18 Å². The number of amides is 1. The Bertz CT molecular complexity index is 1200. The van der Waals surface area contributed by atoms with Crippen LogP contribution in [0.5, 0.6) is 0 Å². The Morgan fingerprint density at radius 1 is 1.10 bits per heavy atom. The van der Waals surface area contributed by atoms with Gasteiger partial charge in [-0.05, 0) is 25.1 Å². The van der Waals surface area contributed by atoms with Gasteiger partial charge in [0, 0.05) is 18.0 Å². The lowest BCUT2D eigenvalue weighted by Gasteiger charge is -2.12. The molecule has 0 unspecified atom stereocenters. The molecule has 29 heavy (non-hydrogen) atoms. The van der Waals surface area contributed by atoms with Crippen molar-refractivity contribution < 1.29 is 18.0 Å². The quantitative estimate of drug-likeness (QED) is 0.568. The summed E-state index contributed by atoms with van der Waals surface area (Å²) in [4.78, 5) is 24.8. The Labute approximate surface area is 162 Å². The van der Waals surface area contributed by atoms with Crippen molar-refractivity contribution >= 4 is 17.4 Å². The highest BCUT2D eigenvalue weighted by molar-refractivity contribution is 6.03. The molecule has 1 aromatic carbocycles. The highest BCUT2D eigenvalue weighted by atomic mass is 19.4. The van der Waals surface area contributed by atoms with Gasteiger partial charge in [-0.15, -0.1) is 0 Å². The number of nitrogens with one attached hydrogen (secondary N) is 1. The molecule has 0 aliphatic heterocycles. The normalized spacial score (nSPS) is 11.6. The Morgan fingerprint density at radius 2 is 1.90 bits per heavy atom. The number of carbonyl (C=O) groups is 1. The number of halogens is 3. The first-order valence-electron chi connectivity index (χ1n) is 8.45. The van der Waals surface area contributed by atoms with Gasteiger partial charge in [0.15, 0.2) is 17.2 Å². The largest absolute Gasteiger partial charge is 0.417 e. The molecule has 0 fully saturated rings. The SMILES string of the molecule is Cc1nc2ccc(-c3ccccc3C(F)(F)F)nn2c1C(=O)Nc1cnccn1. The number of carbonyl (C=O) groups excluding carboxylic acids is 1. The number of rotatable bonds is 3. The van der Waals surface area contributed by atoms with E-state index in [1.165, 1.54) is 53.4 Å². The summed E-state index contributed by atoms with van der Waals surface area (Å²) in [5.41, 5.74) is -0.0312. The van der Waals surface area contributed by atoms with E-state index in [1.54, 1.807) is 6.92 Å². The number of hydrogen-bond donors (Lipinski definition) is 1. The first kappa shape index (κ1) is 18.5. The second-order valence-electron chi connectivity index (χ2n) is 6.12. The number of nitrogens with zero attached hydrogens (tertiary/aromatic N) is 5. The fraction of sp³-hybridized carbons (Fsp3) is 0.105. The molecule has 7 nitrogen and oxygen atoms in total. The van der Waals surface area contributed by atoms with Crippen LogP contribution in [0.15, 0.2) is 55.0 Å². The van der Waals surface area contributed by atoms with Gasteiger partial charge in [0.2, 0.25) is 0 Å². The topological polar surface area (TPSA) is 85.1 Å². The van der Waals surface area contributed by atoms with Crippen molar-refractivity contribution in [1.82, 2.24) is 24.6 Å². The molecule has 0 atom stereocenters. The number of benzene rings is 1. The van der Waals surface area contributed by atoms with Crippen LogP contribution < -0.4 is 5.32 Å². The average Bonchev–Trinajstić information content (AvgIpc) is 3.03. The summed E-state index contributed by atoms with van der Waals surface area (Å²) in [6, 6.07) is 8.09. The fourth-order valence-corrected chi connectivity index (χ4v) is 2.94. The molecule has 1 amide bonds. The van der Waals surface area contributed by atoms with E-state index < -0.39 is 17.6 Å². The van der Waals surface area contributed by atoms with Gasteiger partial charge in [-0.1, -0.05) is 18.2 Å². The predicted octanol–water partition coefficient (Wildman–Crippen LogP) is 3.77. The molecule has 10 heteroatoms. The van der Waals surface area contributed by atoms with Gasteiger partial charge < -0.3 is 5.32 Å². The van der Waals surface area contributed by atoms with E-state index in [1.807, 2.05) is 0 Å². The molecule has 3 heterocycles. The van der Waals surface area contributed by atoms with E-state index in [9.17, 15) is 18.0 Å². The summed E-state index contributed by atoms with van der Waals surface area (Å²) in [6.45, 7) is 1.61. The number of anilines is 1. The highest BCUT2D eigenvalue weighted by Crippen LogP contribution is 2.36. The maximum absolute atomic E-state index is 13.4. The summed E-state index contributed by atoms with van der Waals surface area (Å²) in [5, 5.41) is 6.84. The van der Waals surface area contributed by atoms with Gasteiger partial charge in [0.1, 0.15) is 0 Å². The van der Waals surface area contributed by atoms with Gasteiger partial charge in [0.05, 0.1) is 23.1 Å². The van der Waals surface area contributed by atoms with E-state index in [-0.39, 0.29) is 22.8 Å². The third-order valence-electron chi connectivity index (χ3n) is 4.18. The van der Waals surface area contributed by atoms with Gasteiger partial charge in [0.25, 0.3) is 5.91 Å². The molecular weight excluding hydrogens is 385 g/mol. The smallest absolute Gasteiger partial charge is 0.304 e. The predicted molar refractivity (Wildman–Crippen MR) is 98.1 cm³/mol. The Hall–Kier alpha value is -3.82. The summed E-state index contributed by atoms with van der Waals surface area (Å²) >= 11 is 0. The Morgan fingerprint density at radius 3 is 2.62 bits per heavy atom. The average molecular weight is 398 g/mol. The zero-order chi connectivity index (χ0) is 20.6. The molecule has 0 aliphatic carbocycles. The minimum Gasteiger partial charge on any atom is -0.304 e. The van der Waals surface area contributed by atoms with Crippen LogP contribution in [0, 0.1) is 6.92 Å². The first-order valence-corrected chi connectivity index (χ1v) is 8.45. The number of hydrogen-bond acceptors (Lipinski definition) is 5. The second-order valence-corrected chi connectivity index (χ2v) is 6.12. The zero-order valence-corrected chi connectivity index (χ0v) is 15.0. The number of alkyl halides is 3. The van der Waals surface area contributed by atoms with E-state index in [0.717, 1.165) is 6.07 Å². The molecule has 4 rings (SSSR count). The van der Waals surface area contributed by atoms with Crippen LogP contribution in [0.4, 0.5) is 19.0 Å². The summed E-state index contributed by atoms with van der Waals surface area (Å²) in [6.07, 6.45) is -0.290. The van der Waals surface area contributed by atoms with Crippen molar-refractivity contribution in [1.29, 1.82) is 0 Å². The molecule has 0 saturated heterocycles. The molecule has 0 bridgehead atoms. The molecule has 3 aromatic heterocycles. The first-order chi connectivity index (χ1) is 13.8. The standard InChI is InChI=1S/C19H13F3N6O/c1-11-17(18(29)26-15-10-23-8-9-24-15)28-16(25-11)7-6-14(27-28)12-4-2-3-5-13(12)19(20,21)22/h2-10H,1H3,(H,24,26,29). The Kier molecular flexibility index (Phi) is 4.45. The molecule has 4 aromatic rings. The van der Waals surface area contributed by atoms with Crippen molar-refractivity contribution in [3.8, 4) is 11.3 Å². The lowest BCUT2D eigenvalue weighted by molar-refractivity contribution is -0.137. The number of aryl methyl sites for hydroxylation is 1. The molecular formula is C19H13F3N6O. The summed E-state index contributed by atoms with van der Waals surface area (Å²) in [7, 11) is 0. The van der Waals surface area contributed by atoms with E-state index in [2.05, 4.69) is 25.4 Å². The minimum absolute atomic E-state index is 0.0661. The van der Waals surface area contributed by atoms with Crippen LogP contribution in [0.3, 0.4) is 0 Å². The maximum Gasteiger partial charge on any atom is 0.417 e. The molecule has 0 saturated carbocycles.